The summed E-state index contributed by atoms with van der Waals surface area (Å²) in [6.07, 6.45) is 0.888. The third kappa shape index (κ3) is 4.57. The largest absolute Gasteiger partial charge is 0.493 e. The van der Waals surface area contributed by atoms with Gasteiger partial charge in [0.15, 0.2) is 23.0 Å². The van der Waals surface area contributed by atoms with Crippen LogP contribution in [0.3, 0.4) is 0 Å². The SMILES string of the molecule is CC[C@@H](NCCOc1c(OC)cccc1OC)[C@@H]1COc2ccccc2O1. The van der Waals surface area contributed by atoms with Crippen LogP contribution in [0.1, 0.15) is 13.3 Å². The fourth-order valence-corrected chi connectivity index (χ4v) is 3.13. The Labute approximate surface area is 160 Å². The number of hydrogen-bond donors (Lipinski definition) is 1. The Morgan fingerprint density at radius 2 is 1.74 bits per heavy atom. The summed E-state index contributed by atoms with van der Waals surface area (Å²) in [4.78, 5) is 0. The molecule has 146 valence electrons. The Morgan fingerprint density at radius 3 is 2.41 bits per heavy atom. The van der Waals surface area contributed by atoms with Crippen molar-refractivity contribution < 1.29 is 23.7 Å². The average Bonchev–Trinajstić information content (AvgIpc) is 2.73. The fourth-order valence-electron chi connectivity index (χ4n) is 3.13. The topological polar surface area (TPSA) is 58.2 Å². The lowest BCUT2D eigenvalue weighted by atomic mass is 10.1. The first-order chi connectivity index (χ1) is 13.3. The van der Waals surface area contributed by atoms with Crippen LogP contribution in [-0.2, 0) is 0 Å². The van der Waals surface area contributed by atoms with E-state index in [4.69, 9.17) is 23.7 Å². The third-order valence-electron chi connectivity index (χ3n) is 4.56. The van der Waals surface area contributed by atoms with Crippen LogP contribution >= 0.6 is 0 Å². The van der Waals surface area contributed by atoms with Crippen molar-refractivity contribution in [3.63, 3.8) is 0 Å². The summed E-state index contributed by atoms with van der Waals surface area (Å²) < 4.78 is 28.5. The summed E-state index contributed by atoms with van der Waals surface area (Å²) in [7, 11) is 3.23. The lowest BCUT2D eigenvalue weighted by molar-refractivity contribution is 0.0596. The minimum absolute atomic E-state index is 0.0364. The molecule has 0 bridgehead atoms. The minimum atomic E-state index is -0.0364. The van der Waals surface area contributed by atoms with Gasteiger partial charge in [-0.1, -0.05) is 25.1 Å². The van der Waals surface area contributed by atoms with Crippen LogP contribution in [0.2, 0.25) is 0 Å². The number of methoxy groups -OCH3 is 2. The van der Waals surface area contributed by atoms with Gasteiger partial charge >= 0.3 is 0 Å². The van der Waals surface area contributed by atoms with E-state index in [1.54, 1.807) is 14.2 Å². The van der Waals surface area contributed by atoms with Gasteiger partial charge in [0.25, 0.3) is 0 Å². The van der Waals surface area contributed by atoms with Gasteiger partial charge in [0.1, 0.15) is 19.3 Å². The molecular formula is C21H27NO5. The molecule has 2 atom stereocenters. The van der Waals surface area contributed by atoms with E-state index in [-0.39, 0.29) is 12.1 Å². The van der Waals surface area contributed by atoms with Crippen LogP contribution in [0.25, 0.3) is 0 Å². The molecule has 1 N–H and O–H groups in total. The zero-order valence-electron chi connectivity index (χ0n) is 16.1. The van der Waals surface area contributed by atoms with Crippen LogP contribution < -0.4 is 29.0 Å². The molecule has 0 aliphatic carbocycles. The molecule has 0 saturated carbocycles. The van der Waals surface area contributed by atoms with Crippen molar-refractivity contribution in [1.29, 1.82) is 0 Å². The number of para-hydroxylation sites is 3. The van der Waals surface area contributed by atoms with Gasteiger partial charge < -0.3 is 29.0 Å². The Morgan fingerprint density at radius 1 is 1.04 bits per heavy atom. The monoisotopic (exact) mass is 373 g/mol. The Kier molecular flexibility index (Phi) is 6.65. The van der Waals surface area contributed by atoms with E-state index >= 15 is 0 Å². The molecule has 6 nitrogen and oxygen atoms in total. The predicted molar refractivity (Wildman–Crippen MR) is 103 cm³/mol. The van der Waals surface area contributed by atoms with Crippen molar-refractivity contribution in [3.8, 4) is 28.7 Å². The Hall–Kier alpha value is -2.60. The zero-order valence-corrected chi connectivity index (χ0v) is 16.1. The van der Waals surface area contributed by atoms with Crippen LogP contribution in [0.15, 0.2) is 42.5 Å². The van der Waals surface area contributed by atoms with Crippen molar-refractivity contribution in [3.05, 3.63) is 42.5 Å². The number of hydrogen-bond acceptors (Lipinski definition) is 6. The Balaban J connectivity index is 1.53. The molecule has 0 amide bonds. The smallest absolute Gasteiger partial charge is 0.203 e. The summed E-state index contributed by atoms with van der Waals surface area (Å²) in [6.45, 7) is 3.81. The summed E-state index contributed by atoms with van der Waals surface area (Å²) in [5.74, 6) is 3.52. The van der Waals surface area contributed by atoms with Gasteiger partial charge in [-0.25, -0.2) is 0 Å². The molecule has 2 aromatic carbocycles. The summed E-state index contributed by atoms with van der Waals surface area (Å²) in [6, 6.07) is 13.5. The number of fused-ring (bicyclic) bond motifs is 1. The van der Waals surface area contributed by atoms with Gasteiger partial charge in [0.2, 0.25) is 5.75 Å². The lowest BCUT2D eigenvalue weighted by Gasteiger charge is -2.32. The quantitative estimate of drug-likeness (QED) is 0.681. The van der Waals surface area contributed by atoms with E-state index in [9.17, 15) is 0 Å². The molecular weight excluding hydrogens is 346 g/mol. The van der Waals surface area contributed by atoms with Gasteiger partial charge in [-0.05, 0) is 30.7 Å². The molecule has 2 aromatic rings. The molecule has 0 fully saturated rings. The summed E-state index contributed by atoms with van der Waals surface area (Å²) in [5, 5.41) is 3.50. The average molecular weight is 373 g/mol. The highest BCUT2D eigenvalue weighted by molar-refractivity contribution is 5.51. The van der Waals surface area contributed by atoms with Crippen LogP contribution in [-0.4, -0.2) is 46.1 Å². The predicted octanol–water partition coefficient (Wildman–Crippen LogP) is 3.29. The molecule has 0 unspecified atom stereocenters. The van der Waals surface area contributed by atoms with E-state index in [1.165, 1.54) is 0 Å². The van der Waals surface area contributed by atoms with Crippen LogP contribution in [0.5, 0.6) is 28.7 Å². The first-order valence-corrected chi connectivity index (χ1v) is 9.22. The molecule has 0 radical (unpaired) electrons. The normalized spacial score (nSPS) is 16.5. The van der Waals surface area contributed by atoms with Gasteiger partial charge in [-0.3, -0.25) is 0 Å². The minimum Gasteiger partial charge on any atom is -0.493 e. The van der Waals surface area contributed by atoms with Crippen molar-refractivity contribution in [2.75, 3.05) is 34.0 Å². The third-order valence-corrected chi connectivity index (χ3v) is 4.56. The molecule has 1 aliphatic heterocycles. The maximum atomic E-state index is 6.10. The van der Waals surface area contributed by atoms with Gasteiger partial charge in [-0.15, -0.1) is 0 Å². The van der Waals surface area contributed by atoms with E-state index in [0.717, 1.165) is 17.9 Å². The zero-order chi connectivity index (χ0) is 19.1. The summed E-state index contributed by atoms with van der Waals surface area (Å²) >= 11 is 0. The first-order valence-electron chi connectivity index (χ1n) is 9.22. The number of rotatable bonds is 9. The molecule has 6 heteroatoms. The van der Waals surface area contributed by atoms with E-state index in [2.05, 4.69) is 12.2 Å². The molecule has 27 heavy (non-hydrogen) atoms. The van der Waals surface area contributed by atoms with Crippen molar-refractivity contribution in [1.82, 2.24) is 5.32 Å². The molecule has 3 rings (SSSR count). The van der Waals surface area contributed by atoms with Gasteiger partial charge in [-0.2, -0.15) is 0 Å². The molecule has 1 aliphatic rings. The molecule has 0 spiro atoms. The highest BCUT2D eigenvalue weighted by Gasteiger charge is 2.27. The standard InChI is InChI=1S/C21H27NO5/c1-4-15(20-14-26-16-8-5-6-9-17(16)27-20)22-12-13-25-21-18(23-2)10-7-11-19(21)24-3/h5-11,15,20,22H,4,12-14H2,1-3H3/t15-,20+/m1/s1. The fraction of sp³-hybridized carbons (Fsp3) is 0.429. The van der Waals surface area contributed by atoms with Crippen LogP contribution in [0, 0.1) is 0 Å². The highest BCUT2D eigenvalue weighted by atomic mass is 16.6. The van der Waals surface area contributed by atoms with Crippen molar-refractivity contribution in [2.45, 2.75) is 25.5 Å². The second-order valence-electron chi connectivity index (χ2n) is 6.22. The number of benzene rings is 2. The van der Waals surface area contributed by atoms with Gasteiger partial charge in [0.05, 0.1) is 14.2 Å². The van der Waals surface area contributed by atoms with Crippen LogP contribution in [0.4, 0.5) is 0 Å². The second-order valence-corrected chi connectivity index (χ2v) is 6.22. The maximum Gasteiger partial charge on any atom is 0.203 e. The molecule has 0 saturated heterocycles. The van der Waals surface area contributed by atoms with E-state index in [1.807, 2.05) is 42.5 Å². The van der Waals surface area contributed by atoms with E-state index < -0.39 is 0 Å². The number of ether oxygens (including phenoxy) is 5. The van der Waals surface area contributed by atoms with Crippen molar-refractivity contribution in [2.24, 2.45) is 0 Å². The number of nitrogens with one attached hydrogen (secondary N) is 1. The second kappa shape index (κ2) is 9.37. The van der Waals surface area contributed by atoms with Gasteiger partial charge in [0, 0.05) is 12.6 Å². The molecule has 0 aromatic heterocycles. The maximum absolute atomic E-state index is 6.10. The first kappa shape index (κ1) is 19.2. The Bertz CT molecular complexity index is 714. The van der Waals surface area contributed by atoms with Crippen molar-refractivity contribution >= 4 is 0 Å². The van der Waals surface area contributed by atoms with E-state index in [0.29, 0.717) is 37.0 Å². The summed E-state index contributed by atoms with van der Waals surface area (Å²) in [5.41, 5.74) is 0. The highest BCUT2D eigenvalue weighted by Crippen LogP contribution is 2.36. The molecule has 1 heterocycles. The lowest BCUT2D eigenvalue weighted by Crippen LogP contribution is -2.48.